The first-order valence-corrected chi connectivity index (χ1v) is 9.38. The number of hydrogen-bond acceptors (Lipinski definition) is 3. The standard InChI is InChI=1S/C19H18ClFN2OS/c1-12-10-22-19(25-11-13-6-3-2-4-7-13)16(12)18(24)23-15-9-5-8-14(20)17(15)21/h2-9,12,16H,10-11H2,1H3,(H,23,24). The van der Waals surface area contributed by atoms with E-state index >= 15 is 0 Å². The molecule has 1 amide bonds. The Morgan fingerprint density at radius 3 is 2.80 bits per heavy atom. The lowest BCUT2D eigenvalue weighted by Crippen LogP contribution is -2.31. The quantitative estimate of drug-likeness (QED) is 0.814. The number of nitrogens with zero attached hydrogens (tertiary/aromatic N) is 1. The topological polar surface area (TPSA) is 41.5 Å². The van der Waals surface area contributed by atoms with E-state index in [0.717, 1.165) is 10.8 Å². The zero-order valence-corrected chi connectivity index (χ0v) is 15.3. The fraction of sp³-hybridized carbons (Fsp3) is 0.263. The van der Waals surface area contributed by atoms with Crippen molar-refractivity contribution in [2.45, 2.75) is 12.7 Å². The predicted molar refractivity (Wildman–Crippen MR) is 103 cm³/mol. The van der Waals surface area contributed by atoms with Crippen molar-refractivity contribution in [3.63, 3.8) is 0 Å². The molecule has 2 unspecified atom stereocenters. The molecule has 1 aliphatic heterocycles. The highest BCUT2D eigenvalue weighted by atomic mass is 35.5. The fourth-order valence-electron chi connectivity index (χ4n) is 2.73. The molecule has 3 nitrogen and oxygen atoms in total. The summed E-state index contributed by atoms with van der Waals surface area (Å²) in [5.74, 6) is -0.390. The molecular weight excluding hydrogens is 359 g/mol. The van der Waals surface area contributed by atoms with E-state index in [1.54, 1.807) is 17.8 Å². The van der Waals surface area contributed by atoms with Crippen molar-refractivity contribution in [3.05, 3.63) is 64.9 Å². The minimum absolute atomic E-state index is 0.00962. The number of hydrogen-bond donors (Lipinski definition) is 1. The molecule has 1 heterocycles. The van der Waals surface area contributed by atoms with Crippen LogP contribution in [-0.4, -0.2) is 17.5 Å². The molecule has 0 saturated heterocycles. The Balaban J connectivity index is 1.69. The number of benzene rings is 2. The summed E-state index contributed by atoms with van der Waals surface area (Å²) >= 11 is 7.34. The zero-order chi connectivity index (χ0) is 17.8. The van der Waals surface area contributed by atoms with Crippen LogP contribution in [0.1, 0.15) is 12.5 Å². The minimum Gasteiger partial charge on any atom is -0.323 e. The lowest BCUT2D eigenvalue weighted by molar-refractivity contribution is -0.118. The van der Waals surface area contributed by atoms with Crippen LogP contribution in [0.4, 0.5) is 10.1 Å². The molecule has 0 spiro atoms. The van der Waals surface area contributed by atoms with Crippen LogP contribution in [0, 0.1) is 17.7 Å². The van der Waals surface area contributed by atoms with Crippen molar-refractivity contribution >= 4 is 40.0 Å². The first kappa shape index (κ1) is 18.0. The number of anilines is 1. The normalized spacial score (nSPS) is 19.6. The lowest BCUT2D eigenvalue weighted by Gasteiger charge is -2.18. The van der Waals surface area contributed by atoms with E-state index in [2.05, 4.69) is 10.3 Å². The fourth-order valence-corrected chi connectivity index (χ4v) is 4.10. The zero-order valence-electron chi connectivity index (χ0n) is 13.7. The van der Waals surface area contributed by atoms with E-state index < -0.39 is 5.82 Å². The highest BCUT2D eigenvalue weighted by molar-refractivity contribution is 8.13. The van der Waals surface area contributed by atoms with E-state index in [-0.39, 0.29) is 28.5 Å². The van der Waals surface area contributed by atoms with Crippen LogP contribution in [0.25, 0.3) is 0 Å². The van der Waals surface area contributed by atoms with E-state index in [4.69, 9.17) is 11.6 Å². The second-order valence-electron chi connectivity index (χ2n) is 6.00. The Bertz CT molecular complexity index is 797. The summed E-state index contributed by atoms with van der Waals surface area (Å²) in [7, 11) is 0. The van der Waals surface area contributed by atoms with Gasteiger partial charge in [0.1, 0.15) is 0 Å². The molecule has 1 aliphatic rings. The Kier molecular flexibility index (Phi) is 5.76. The van der Waals surface area contributed by atoms with Gasteiger partial charge in [-0.2, -0.15) is 0 Å². The van der Waals surface area contributed by atoms with Gasteiger partial charge in [-0.1, -0.05) is 54.9 Å². The molecule has 6 heteroatoms. The van der Waals surface area contributed by atoms with E-state index in [1.807, 2.05) is 37.3 Å². The summed E-state index contributed by atoms with van der Waals surface area (Å²) in [6.45, 7) is 2.59. The van der Waals surface area contributed by atoms with Gasteiger partial charge in [-0.25, -0.2) is 4.39 Å². The van der Waals surface area contributed by atoms with Gasteiger partial charge < -0.3 is 5.32 Å². The Labute approximate surface area is 155 Å². The van der Waals surface area contributed by atoms with Gasteiger partial charge in [0.25, 0.3) is 0 Å². The first-order valence-electron chi connectivity index (χ1n) is 8.02. The molecule has 0 saturated carbocycles. The van der Waals surface area contributed by atoms with Crippen molar-refractivity contribution in [3.8, 4) is 0 Å². The molecular formula is C19H18ClFN2OS. The maximum Gasteiger partial charge on any atom is 0.234 e. The van der Waals surface area contributed by atoms with E-state index in [1.165, 1.54) is 17.7 Å². The molecule has 0 bridgehead atoms. The number of rotatable bonds is 4. The third kappa shape index (κ3) is 4.22. The number of amides is 1. The van der Waals surface area contributed by atoms with Gasteiger partial charge in [0, 0.05) is 12.3 Å². The Morgan fingerprint density at radius 1 is 1.28 bits per heavy atom. The average molecular weight is 377 g/mol. The van der Waals surface area contributed by atoms with Crippen LogP contribution in [0.2, 0.25) is 5.02 Å². The molecule has 0 radical (unpaired) electrons. The minimum atomic E-state index is -0.612. The smallest absolute Gasteiger partial charge is 0.234 e. The molecule has 130 valence electrons. The monoisotopic (exact) mass is 376 g/mol. The van der Waals surface area contributed by atoms with Gasteiger partial charge in [-0.05, 0) is 23.6 Å². The molecule has 2 aromatic carbocycles. The van der Waals surface area contributed by atoms with Gasteiger partial charge in [0.15, 0.2) is 5.82 Å². The van der Waals surface area contributed by atoms with Crippen LogP contribution in [0.15, 0.2) is 53.5 Å². The van der Waals surface area contributed by atoms with Crippen LogP contribution in [0.5, 0.6) is 0 Å². The van der Waals surface area contributed by atoms with Crippen LogP contribution in [-0.2, 0) is 10.5 Å². The second-order valence-corrected chi connectivity index (χ2v) is 7.40. The van der Waals surface area contributed by atoms with Gasteiger partial charge in [0.05, 0.1) is 21.7 Å². The summed E-state index contributed by atoms with van der Waals surface area (Å²) in [4.78, 5) is 17.2. The first-order chi connectivity index (χ1) is 12.1. The maximum atomic E-state index is 14.0. The number of thioether (sulfide) groups is 1. The van der Waals surface area contributed by atoms with Crippen molar-refractivity contribution in [1.29, 1.82) is 0 Å². The number of carbonyl (C=O) groups is 1. The van der Waals surface area contributed by atoms with Crippen molar-refractivity contribution < 1.29 is 9.18 Å². The molecule has 2 atom stereocenters. The molecule has 0 fully saturated rings. The Morgan fingerprint density at radius 2 is 2.04 bits per heavy atom. The number of aliphatic imine (C=N–C) groups is 1. The third-order valence-electron chi connectivity index (χ3n) is 4.09. The summed E-state index contributed by atoms with van der Waals surface area (Å²) in [5, 5.41) is 3.45. The predicted octanol–water partition coefficient (Wildman–Crippen LogP) is 5.02. The van der Waals surface area contributed by atoms with Crippen LogP contribution < -0.4 is 5.32 Å². The third-order valence-corrected chi connectivity index (χ3v) is 5.54. The average Bonchev–Trinajstić information content (AvgIpc) is 2.99. The van der Waals surface area contributed by atoms with Gasteiger partial charge in [-0.15, -0.1) is 11.8 Å². The molecule has 0 aromatic heterocycles. The molecule has 2 aromatic rings. The van der Waals surface area contributed by atoms with E-state index in [0.29, 0.717) is 6.54 Å². The highest BCUT2D eigenvalue weighted by Gasteiger charge is 2.35. The largest absolute Gasteiger partial charge is 0.323 e. The van der Waals surface area contributed by atoms with Crippen molar-refractivity contribution in [2.24, 2.45) is 16.8 Å². The van der Waals surface area contributed by atoms with Crippen molar-refractivity contribution in [1.82, 2.24) is 0 Å². The van der Waals surface area contributed by atoms with Crippen molar-refractivity contribution in [2.75, 3.05) is 11.9 Å². The van der Waals surface area contributed by atoms with Crippen LogP contribution >= 0.6 is 23.4 Å². The van der Waals surface area contributed by atoms with Crippen LogP contribution in [0.3, 0.4) is 0 Å². The number of halogens is 2. The van der Waals surface area contributed by atoms with Gasteiger partial charge in [0.2, 0.25) is 5.91 Å². The SMILES string of the molecule is CC1CN=C(SCc2ccccc2)C1C(=O)Nc1cccc(Cl)c1F. The molecule has 25 heavy (non-hydrogen) atoms. The molecule has 0 aliphatic carbocycles. The summed E-state index contributed by atoms with van der Waals surface area (Å²) in [5.41, 5.74) is 1.28. The Hall–Kier alpha value is -1.85. The second kappa shape index (κ2) is 8.02. The molecule has 3 rings (SSSR count). The summed E-state index contributed by atoms with van der Waals surface area (Å²) in [6.07, 6.45) is 0. The van der Waals surface area contributed by atoms with Gasteiger partial charge >= 0.3 is 0 Å². The highest BCUT2D eigenvalue weighted by Crippen LogP contribution is 2.31. The maximum absolute atomic E-state index is 14.0. The lowest BCUT2D eigenvalue weighted by atomic mass is 9.97. The summed E-state index contributed by atoms with van der Waals surface area (Å²) in [6, 6.07) is 14.6. The number of carbonyl (C=O) groups excluding carboxylic acids is 1. The van der Waals surface area contributed by atoms with E-state index in [9.17, 15) is 9.18 Å². The molecule has 1 N–H and O–H groups in total. The van der Waals surface area contributed by atoms with Gasteiger partial charge in [-0.3, -0.25) is 9.79 Å². The summed E-state index contributed by atoms with van der Waals surface area (Å²) < 4.78 is 14.0. The number of nitrogens with one attached hydrogen (secondary N) is 1.